The van der Waals surface area contributed by atoms with Crippen molar-refractivity contribution in [2.75, 3.05) is 13.1 Å². The lowest BCUT2D eigenvalue weighted by molar-refractivity contribution is 0.0170. The van der Waals surface area contributed by atoms with Crippen LogP contribution in [0.3, 0.4) is 0 Å². The van der Waals surface area contributed by atoms with E-state index in [0.29, 0.717) is 24.4 Å². The molecule has 1 atom stereocenters. The third-order valence-electron chi connectivity index (χ3n) is 4.20. The highest BCUT2D eigenvalue weighted by molar-refractivity contribution is 5.29. The number of nitrogens with zero attached hydrogens (tertiary/aromatic N) is 1. The van der Waals surface area contributed by atoms with Gasteiger partial charge in [0, 0.05) is 18.2 Å². The van der Waals surface area contributed by atoms with E-state index < -0.39 is 5.60 Å². The SMILES string of the molecule is Cc1ccc(F)c(C2(O)CCCN(C(C)C)CC2)c1. The predicted molar refractivity (Wildman–Crippen MR) is 75.6 cm³/mol. The molecule has 1 fully saturated rings. The van der Waals surface area contributed by atoms with Gasteiger partial charge in [-0.2, -0.15) is 0 Å². The minimum Gasteiger partial charge on any atom is -0.385 e. The molecule has 0 aromatic heterocycles. The minimum absolute atomic E-state index is 0.286. The van der Waals surface area contributed by atoms with E-state index in [2.05, 4.69) is 18.7 Å². The first kappa shape index (κ1) is 14.5. The number of aliphatic hydroxyl groups is 1. The highest BCUT2D eigenvalue weighted by atomic mass is 19.1. The second-order valence-electron chi connectivity index (χ2n) is 6.00. The van der Waals surface area contributed by atoms with Gasteiger partial charge in [-0.25, -0.2) is 4.39 Å². The lowest BCUT2D eigenvalue weighted by atomic mass is 9.86. The molecule has 2 rings (SSSR count). The molecule has 1 aliphatic rings. The number of benzene rings is 1. The van der Waals surface area contributed by atoms with Gasteiger partial charge >= 0.3 is 0 Å². The van der Waals surface area contributed by atoms with E-state index in [1.54, 1.807) is 12.1 Å². The summed E-state index contributed by atoms with van der Waals surface area (Å²) in [5.74, 6) is -0.286. The van der Waals surface area contributed by atoms with Crippen LogP contribution in [0.2, 0.25) is 0 Å². The second-order valence-corrected chi connectivity index (χ2v) is 6.00. The molecule has 1 aromatic rings. The Kier molecular flexibility index (Phi) is 4.26. The molecule has 1 saturated heterocycles. The van der Waals surface area contributed by atoms with E-state index in [-0.39, 0.29) is 5.82 Å². The molecule has 0 aliphatic carbocycles. The maximum atomic E-state index is 14.0. The lowest BCUT2D eigenvalue weighted by Gasteiger charge is -2.29. The first-order valence-electron chi connectivity index (χ1n) is 7.15. The van der Waals surface area contributed by atoms with Gasteiger partial charge < -0.3 is 10.0 Å². The molecule has 0 spiro atoms. The Morgan fingerprint density at radius 2 is 2.00 bits per heavy atom. The van der Waals surface area contributed by atoms with Crippen molar-refractivity contribution in [2.45, 2.75) is 51.7 Å². The Balaban J connectivity index is 2.25. The third kappa shape index (κ3) is 3.15. The Hall–Kier alpha value is -0.930. The van der Waals surface area contributed by atoms with Crippen molar-refractivity contribution in [3.05, 3.63) is 35.1 Å². The van der Waals surface area contributed by atoms with Gasteiger partial charge in [-0.05, 0) is 52.6 Å². The first-order valence-corrected chi connectivity index (χ1v) is 7.15. The van der Waals surface area contributed by atoms with E-state index in [4.69, 9.17) is 0 Å². The molecule has 2 nitrogen and oxygen atoms in total. The van der Waals surface area contributed by atoms with Crippen LogP contribution in [-0.4, -0.2) is 29.1 Å². The smallest absolute Gasteiger partial charge is 0.129 e. The standard InChI is InChI=1S/C16H24FNO/c1-12(2)18-9-4-7-16(19,8-10-18)14-11-13(3)5-6-15(14)17/h5-6,11-12,19H,4,7-10H2,1-3H3. The fraction of sp³-hybridized carbons (Fsp3) is 0.625. The molecule has 0 saturated carbocycles. The largest absolute Gasteiger partial charge is 0.385 e. The molecule has 0 bridgehead atoms. The van der Waals surface area contributed by atoms with E-state index in [9.17, 15) is 9.50 Å². The lowest BCUT2D eigenvalue weighted by Crippen LogP contribution is -2.33. The zero-order chi connectivity index (χ0) is 14.0. The second kappa shape index (κ2) is 5.59. The molecule has 1 heterocycles. The number of halogens is 1. The van der Waals surface area contributed by atoms with Crippen LogP contribution in [0.15, 0.2) is 18.2 Å². The van der Waals surface area contributed by atoms with Crippen LogP contribution in [-0.2, 0) is 5.60 Å². The molecule has 1 unspecified atom stereocenters. The van der Waals surface area contributed by atoms with Gasteiger partial charge in [0.05, 0.1) is 5.60 Å². The molecule has 0 radical (unpaired) electrons. The van der Waals surface area contributed by atoms with Crippen molar-refractivity contribution in [2.24, 2.45) is 0 Å². The zero-order valence-corrected chi connectivity index (χ0v) is 12.1. The molecule has 1 N–H and O–H groups in total. The van der Waals surface area contributed by atoms with Crippen molar-refractivity contribution in [1.29, 1.82) is 0 Å². The first-order chi connectivity index (χ1) is 8.92. The van der Waals surface area contributed by atoms with Crippen LogP contribution in [0.5, 0.6) is 0 Å². The summed E-state index contributed by atoms with van der Waals surface area (Å²) >= 11 is 0. The summed E-state index contributed by atoms with van der Waals surface area (Å²) in [5, 5.41) is 10.9. The van der Waals surface area contributed by atoms with Crippen LogP contribution in [0.1, 0.15) is 44.2 Å². The highest BCUT2D eigenvalue weighted by Crippen LogP contribution is 2.35. The van der Waals surface area contributed by atoms with Gasteiger partial charge in [-0.15, -0.1) is 0 Å². The highest BCUT2D eigenvalue weighted by Gasteiger charge is 2.34. The maximum absolute atomic E-state index is 14.0. The molecule has 0 amide bonds. The summed E-state index contributed by atoms with van der Waals surface area (Å²) in [6, 6.07) is 5.48. The van der Waals surface area contributed by atoms with E-state index in [1.807, 2.05) is 6.92 Å². The molecule has 1 aliphatic heterocycles. The number of likely N-dealkylation sites (tertiary alicyclic amines) is 1. The van der Waals surface area contributed by atoms with E-state index in [0.717, 1.165) is 25.1 Å². The molecule has 19 heavy (non-hydrogen) atoms. The average molecular weight is 265 g/mol. The summed E-state index contributed by atoms with van der Waals surface area (Å²) in [4.78, 5) is 2.35. The normalized spacial score (nSPS) is 25.6. The predicted octanol–water partition coefficient (Wildman–Crippen LogP) is 3.22. The quantitative estimate of drug-likeness (QED) is 0.887. The fourth-order valence-electron chi connectivity index (χ4n) is 2.92. The van der Waals surface area contributed by atoms with Crippen LogP contribution in [0.25, 0.3) is 0 Å². The number of rotatable bonds is 2. The monoisotopic (exact) mass is 265 g/mol. The van der Waals surface area contributed by atoms with Gasteiger partial charge in [-0.3, -0.25) is 0 Å². The topological polar surface area (TPSA) is 23.5 Å². The van der Waals surface area contributed by atoms with Gasteiger partial charge in [-0.1, -0.05) is 17.7 Å². The number of aryl methyl sites for hydroxylation is 1. The summed E-state index contributed by atoms with van der Waals surface area (Å²) in [7, 11) is 0. The van der Waals surface area contributed by atoms with Crippen molar-refractivity contribution in [3.63, 3.8) is 0 Å². The molecule has 106 valence electrons. The van der Waals surface area contributed by atoms with Gasteiger partial charge in [0.25, 0.3) is 0 Å². The van der Waals surface area contributed by atoms with Crippen molar-refractivity contribution in [1.82, 2.24) is 4.90 Å². The van der Waals surface area contributed by atoms with E-state index >= 15 is 0 Å². The van der Waals surface area contributed by atoms with Crippen LogP contribution < -0.4 is 0 Å². The zero-order valence-electron chi connectivity index (χ0n) is 12.1. The molecular weight excluding hydrogens is 241 g/mol. The number of hydrogen-bond donors (Lipinski definition) is 1. The molecule has 3 heteroatoms. The Bertz CT molecular complexity index is 446. The Morgan fingerprint density at radius 1 is 1.26 bits per heavy atom. The molecule has 1 aromatic carbocycles. The van der Waals surface area contributed by atoms with Crippen molar-refractivity contribution in [3.8, 4) is 0 Å². The Labute approximate surface area is 115 Å². The summed E-state index contributed by atoms with van der Waals surface area (Å²) in [6.45, 7) is 8.06. The van der Waals surface area contributed by atoms with Crippen LogP contribution in [0.4, 0.5) is 4.39 Å². The van der Waals surface area contributed by atoms with Crippen LogP contribution in [0, 0.1) is 12.7 Å². The van der Waals surface area contributed by atoms with E-state index in [1.165, 1.54) is 6.07 Å². The summed E-state index contributed by atoms with van der Waals surface area (Å²) in [6.07, 6.45) is 2.14. The average Bonchev–Trinajstić information content (AvgIpc) is 2.55. The minimum atomic E-state index is -1.01. The summed E-state index contributed by atoms with van der Waals surface area (Å²) < 4.78 is 14.0. The van der Waals surface area contributed by atoms with Gasteiger partial charge in [0.2, 0.25) is 0 Å². The fourth-order valence-corrected chi connectivity index (χ4v) is 2.92. The van der Waals surface area contributed by atoms with Gasteiger partial charge in [0.15, 0.2) is 0 Å². The van der Waals surface area contributed by atoms with Crippen molar-refractivity contribution >= 4 is 0 Å². The van der Waals surface area contributed by atoms with Crippen molar-refractivity contribution < 1.29 is 9.50 Å². The molecular formula is C16H24FNO. The maximum Gasteiger partial charge on any atom is 0.129 e. The summed E-state index contributed by atoms with van der Waals surface area (Å²) in [5.41, 5.74) is 0.451. The Morgan fingerprint density at radius 3 is 2.68 bits per heavy atom. The number of hydrogen-bond acceptors (Lipinski definition) is 2. The van der Waals surface area contributed by atoms with Crippen LogP contribution >= 0.6 is 0 Å². The van der Waals surface area contributed by atoms with Gasteiger partial charge in [0.1, 0.15) is 5.82 Å². The third-order valence-corrected chi connectivity index (χ3v) is 4.20.